The van der Waals surface area contributed by atoms with Crippen LogP contribution in [0, 0.1) is 5.82 Å². The third kappa shape index (κ3) is 2.28. The number of hydrogen-bond acceptors (Lipinski definition) is 2. The minimum absolute atomic E-state index is 0.414. The number of alkyl halides is 3. The van der Waals surface area contributed by atoms with Gasteiger partial charge in [-0.1, -0.05) is 0 Å². The van der Waals surface area contributed by atoms with Crippen molar-refractivity contribution in [2.24, 2.45) is 0 Å². The lowest BCUT2D eigenvalue weighted by atomic mass is 10.2. The fraction of sp³-hybridized carbons (Fsp3) is 0.0769. The quantitative estimate of drug-likeness (QED) is 0.702. The van der Waals surface area contributed by atoms with Gasteiger partial charge in [-0.15, -0.1) is 0 Å². The first kappa shape index (κ1) is 13.3. The molecule has 1 N–H and O–H groups in total. The second-order valence-electron chi connectivity index (χ2n) is 4.40. The molecule has 0 aliphatic rings. The Morgan fingerprint density at radius 1 is 1.14 bits per heavy atom. The molecule has 2 aromatic heterocycles. The predicted molar refractivity (Wildman–Crippen MR) is 66.7 cm³/mol. The largest absolute Gasteiger partial charge is 0.423 e. The molecular formula is C13H7F4N3O. The van der Waals surface area contributed by atoms with Crippen LogP contribution >= 0.6 is 0 Å². The van der Waals surface area contributed by atoms with Gasteiger partial charge in [0.05, 0.1) is 11.9 Å². The number of hydrogen-bond donors (Lipinski definition) is 1. The minimum atomic E-state index is -4.83. The second kappa shape index (κ2) is 4.44. The van der Waals surface area contributed by atoms with Gasteiger partial charge in [-0.25, -0.2) is 9.49 Å². The van der Waals surface area contributed by atoms with E-state index in [9.17, 15) is 22.4 Å². The highest BCUT2D eigenvalue weighted by Gasteiger charge is 2.37. The number of nitrogens with zero attached hydrogens (tertiary/aromatic N) is 2. The number of nitrogens with one attached hydrogen (secondary N) is 1. The molecule has 0 aliphatic heterocycles. The molecular weight excluding hydrogens is 290 g/mol. The molecule has 21 heavy (non-hydrogen) atoms. The van der Waals surface area contributed by atoms with Crippen molar-refractivity contribution in [3.63, 3.8) is 0 Å². The van der Waals surface area contributed by atoms with Gasteiger partial charge in [0.15, 0.2) is 0 Å². The summed E-state index contributed by atoms with van der Waals surface area (Å²) < 4.78 is 53.2. The Bertz CT molecular complexity index is 879. The van der Waals surface area contributed by atoms with Gasteiger partial charge in [0.25, 0.3) is 5.56 Å². The van der Waals surface area contributed by atoms with Crippen LogP contribution in [0.5, 0.6) is 0 Å². The van der Waals surface area contributed by atoms with E-state index < -0.39 is 28.8 Å². The van der Waals surface area contributed by atoms with Crippen LogP contribution in [0.1, 0.15) is 5.56 Å². The van der Waals surface area contributed by atoms with E-state index in [1.165, 1.54) is 30.6 Å². The summed E-state index contributed by atoms with van der Waals surface area (Å²) in [6.07, 6.45) is -1.24. The summed E-state index contributed by atoms with van der Waals surface area (Å²) in [5, 5.41) is 6.12. The topological polar surface area (TPSA) is 50.7 Å². The summed E-state index contributed by atoms with van der Waals surface area (Å²) in [6, 6.07) is 3.84. The second-order valence-corrected chi connectivity index (χ2v) is 4.40. The van der Waals surface area contributed by atoms with Gasteiger partial charge < -0.3 is 4.57 Å². The standard InChI is InChI=1S/C13H7F4N3O/c14-9-2-1-7-5-20(6-8(7)3-9)10-4-18-19-12(21)11(10)13(15,16)17/h1-6H,(H,19,21). The Hall–Kier alpha value is -2.64. The highest BCUT2D eigenvalue weighted by atomic mass is 19.4. The molecule has 0 saturated heterocycles. The van der Waals surface area contributed by atoms with Gasteiger partial charge in [-0.2, -0.15) is 18.3 Å². The molecule has 0 radical (unpaired) electrons. The van der Waals surface area contributed by atoms with E-state index in [1.807, 2.05) is 0 Å². The molecule has 0 amide bonds. The number of aromatic nitrogens is 3. The number of H-pyrrole nitrogens is 1. The van der Waals surface area contributed by atoms with Crippen LogP contribution in [-0.4, -0.2) is 14.8 Å². The first-order valence-corrected chi connectivity index (χ1v) is 5.79. The van der Waals surface area contributed by atoms with Gasteiger partial charge >= 0.3 is 6.18 Å². The number of benzene rings is 1. The zero-order valence-corrected chi connectivity index (χ0v) is 10.3. The molecule has 3 rings (SSSR count). The maximum absolute atomic E-state index is 13.1. The molecule has 0 saturated carbocycles. The molecule has 0 fully saturated rings. The van der Waals surface area contributed by atoms with Gasteiger partial charge in [0, 0.05) is 17.8 Å². The van der Waals surface area contributed by atoms with Crippen molar-refractivity contribution in [1.82, 2.24) is 14.8 Å². The van der Waals surface area contributed by atoms with Crippen LogP contribution in [0.15, 0.2) is 41.6 Å². The van der Waals surface area contributed by atoms with Crippen LogP contribution in [0.25, 0.3) is 16.5 Å². The van der Waals surface area contributed by atoms with Gasteiger partial charge in [-0.05, 0) is 23.6 Å². The van der Waals surface area contributed by atoms with Crippen LogP contribution in [0.3, 0.4) is 0 Å². The normalized spacial score (nSPS) is 12.0. The van der Waals surface area contributed by atoms with Crippen LogP contribution in [0.4, 0.5) is 17.6 Å². The third-order valence-corrected chi connectivity index (χ3v) is 3.00. The van der Waals surface area contributed by atoms with Crippen molar-refractivity contribution >= 4 is 10.8 Å². The first-order valence-electron chi connectivity index (χ1n) is 5.79. The van der Waals surface area contributed by atoms with Crippen molar-refractivity contribution in [3.8, 4) is 5.69 Å². The lowest BCUT2D eigenvalue weighted by molar-refractivity contribution is -0.138. The summed E-state index contributed by atoms with van der Waals surface area (Å²) >= 11 is 0. The average molecular weight is 297 g/mol. The number of rotatable bonds is 1. The maximum Gasteiger partial charge on any atom is 0.423 e. The highest BCUT2D eigenvalue weighted by molar-refractivity contribution is 5.83. The molecule has 4 nitrogen and oxygen atoms in total. The van der Waals surface area contributed by atoms with Crippen molar-refractivity contribution in [2.45, 2.75) is 6.18 Å². The van der Waals surface area contributed by atoms with E-state index in [0.717, 1.165) is 10.8 Å². The summed E-state index contributed by atoms with van der Waals surface area (Å²) in [4.78, 5) is 11.4. The van der Waals surface area contributed by atoms with E-state index >= 15 is 0 Å². The van der Waals surface area contributed by atoms with Crippen molar-refractivity contribution in [2.75, 3.05) is 0 Å². The fourth-order valence-corrected chi connectivity index (χ4v) is 2.11. The minimum Gasteiger partial charge on any atom is -0.320 e. The number of aromatic amines is 1. The molecule has 3 aromatic rings. The van der Waals surface area contributed by atoms with Gasteiger partial charge in [-0.3, -0.25) is 4.79 Å². The summed E-state index contributed by atoms with van der Waals surface area (Å²) in [5.41, 5.74) is -3.09. The molecule has 108 valence electrons. The van der Waals surface area contributed by atoms with E-state index in [-0.39, 0.29) is 0 Å². The molecule has 0 bridgehead atoms. The first-order chi connectivity index (χ1) is 9.86. The Balaban J connectivity index is 2.28. The van der Waals surface area contributed by atoms with Crippen LogP contribution in [-0.2, 0) is 6.18 Å². The Morgan fingerprint density at radius 2 is 1.86 bits per heavy atom. The molecule has 2 heterocycles. The van der Waals surface area contributed by atoms with E-state index in [4.69, 9.17) is 0 Å². The monoisotopic (exact) mass is 297 g/mol. The molecule has 0 spiro atoms. The molecule has 0 unspecified atom stereocenters. The van der Waals surface area contributed by atoms with Gasteiger partial charge in [0.2, 0.25) is 0 Å². The van der Waals surface area contributed by atoms with Crippen LogP contribution in [0.2, 0.25) is 0 Å². The Labute approximate surface area is 114 Å². The maximum atomic E-state index is 13.1. The Kier molecular flexibility index (Phi) is 2.82. The Morgan fingerprint density at radius 3 is 2.57 bits per heavy atom. The van der Waals surface area contributed by atoms with E-state index in [2.05, 4.69) is 5.10 Å². The SMILES string of the molecule is O=c1[nH]ncc(-n2cc3ccc(F)cc3c2)c1C(F)(F)F. The summed E-state index contributed by atoms with van der Waals surface area (Å²) in [7, 11) is 0. The average Bonchev–Trinajstić information content (AvgIpc) is 2.79. The number of halogens is 4. The highest BCUT2D eigenvalue weighted by Crippen LogP contribution is 2.31. The van der Waals surface area contributed by atoms with Gasteiger partial charge in [0.1, 0.15) is 11.4 Å². The smallest absolute Gasteiger partial charge is 0.320 e. The lowest BCUT2D eigenvalue weighted by Gasteiger charge is -2.11. The summed E-state index contributed by atoms with van der Waals surface area (Å²) in [5.74, 6) is -0.500. The van der Waals surface area contributed by atoms with Crippen molar-refractivity contribution < 1.29 is 17.6 Å². The third-order valence-electron chi connectivity index (χ3n) is 3.00. The summed E-state index contributed by atoms with van der Waals surface area (Å²) in [6.45, 7) is 0. The van der Waals surface area contributed by atoms with E-state index in [0.29, 0.717) is 10.8 Å². The molecule has 0 aliphatic carbocycles. The molecule has 1 aromatic carbocycles. The van der Waals surface area contributed by atoms with Crippen molar-refractivity contribution in [1.29, 1.82) is 0 Å². The number of fused-ring (bicyclic) bond motifs is 1. The fourth-order valence-electron chi connectivity index (χ4n) is 2.11. The zero-order chi connectivity index (χ0) is 15.2. The predicted octanol–water partition coefficient (Wildman–Crippen LogP) is 2.87. The molecule has 8 heteroatoms. The lowest BCUT2D eigenvalue weighted by Crippen LogP contribution is -2.25. The zero-order valence-electron chi connectivity index (χ0n) is 10.3. The van der Waals surface area contributed by atoms with Crippen molar-refractivity contribution in [3.05, 3.63) is 58.5 Å². The van der Waals surface area contributed by atoms with Crippen LogP contribution < -0.4 is 5.56 Å². The van der Waals surface area contributed by atoms with E-state index in [1.54, 1.807) is 5.10 Å². The molecule has 0 atom stereocenters.